The van der Waals surface area contributed by atoms with Crippen LogP contribution in [0.25, 0.3) is 0 Å². The lowest BCUT2D eigenvalue weighted by atomic mass is 10.0. The number of unbranched alkanes of at least 4 members (excludes halogenated alkanes) is 21. The first-order chi connectivity index (χ1) is 23.3. The maximum Gasteiger partial charge on any atom is 0.315 e. The van der Waals surface area contributed by atoms with Crippen molar-refractivity contribution in [2.45, 2.75) is 217 Å². The predicted molar refractivity (Wildman–Crippen MR) is 196 cm³/mol. The van der Waals surface area contributed by atoms with Gasteiger partial charge in [0.2, 0.25) is 0 Å². The average Bonchev–Trinajstić information content (AvgIpc) is 3.19. The molecule has 2 amide bonds. The van der Waals surface area contributed by atoms with E-state index in [1.165, 1.54) is 122 Å². The standard InChI is InChI=1S/C39H76N2O7/c1-3-5-6-7-8-9-10-11-12-13-14-15-16-17-18-19-20-21-22-23-24-25-29-40-39(47)41-33(35(44)30-32(42)4-2)31-48-36-28-26-27-34(43)37(45)38(36)46/h26,28,32-38,42-46H,3-25,27,29-31H2,1-2H3,(H2,40,41,47). The van der Waals surface area contributed by atoms with Crippen LogP contribution in [0.15, 0.2) is 12.2 Å². The van der Waals surface area contributed by atoms with Gasteiger partial charge < -0.3 is 40.9 Å². The number of hydrogen-bond donors (Lipinski definition) is 7. The Morgan fingerprint density at radius 2 is 1.17 bits per heavy atom. The van der Waals surface area contributed by atoms with E-state index >= 15 is 0 Å². The molecule has 7 atom stereocenters. The van der Waals surface area contributed by atoms with Gasteiger partial charge in [0.15, 0.2) is 0 Å². The topological polar surface area (TPSA) is 152 Å². The normalized spacial score (nSPS) is 21.5. The summed E-state index contributed by atoms with van der Waals surface area (Å²) in [7, 11) is 0. The number of urea groups is 1. The minimum absolute atomic E-state index is 0.0641. The molecule has 1 rings (SSSR count). The summed E-state index contributed by atoms with van der Waals surface area (Å²) in [6.07, 6.45) is 26.8. The minimum Gasteiger partial charge on any atom is -0.393 e. The molecule has 0 bridgehead atoms. The smallest absolute Gasteiger partial charge is 0.315 e. The van der Waals surface area contributed by atoms with Crippen molar-refractivity contribution in [3.05, 3.63) is 12.2 Å². The van der Waals surface area contributed by atoms with Crippen molar-refractivity contribution in [2.75, 3.05) is 13.2 Å². The Labute approximate surface area is 293 Å². The zero-order valence-electron chi connectivity index (χ0n) is 30.8. The van der Waals surface area contributed by atoms with E-state index in [0.717, 1.165) is 19.3 Å². The van der Waals surface area contributed by atoms with Gasteiger partial charge in [-0.25, -0.2) is 4.79 Å². The SMILES string of the molecule is CCCCCCCCCCCCCCCCCCCCCCCCNC(=O)NC(COC1C=CCC(O)C(O)C1O)C(O)CC(O)CC. The van der Waals surface area contributed by atoms with E-state index in [4.69, 9.17) is 4.74 Å². The Bertz CT molecular complexity index is 771. The van der Waals surface area contributed by atoms with Crippen LogP contribution in [0.5, 0.6) is 0 Å². The number of carbonyl (C=O) groups excluding carboxylic acids is 1. The van der Waals surface area contributed by atoms with Crippen molar-refractivity contribution in [2.24, 2.45) is 0 Å². The van der Waals surface area contributed by atoms with E-state index in [0.29, 0.717) is 13.0 Å². The summed E-state index contributed by atoms with van der Waals surface area (Å²) in [5.41, 5.74) is 0. The van der Waals surface area contributed by atoms with E-state index in [9.17, 15) is 30.3 Å². The number of aliphatic hydroxyl groups is 5. The molecule has 284 valence electrons. The van der Waals surface area contributed by atoms with Gasteiger partial charge in [0, 0.05) is 13.0 Å². The monoisotopic (exact) mass is 685 g/mol. The van der Waals surface area contributed by atoms with E-state index in [1.807, 2.05) is 6.92 Å². The van der Waals surface area contributed by atoms with E-state index < -0.39 is 48.7 Å². The van der Waals surface area contributed by atoms with Crippen LogP contribution < -0.4 is 10.6 Å². The molecule has 0 fully saturated rings. The Hall–Kier alpha value is -1.23. The van der Waals surface area contributed by atoms with Gasteiger partial charge in [0.25, 0.3) is 0 Å². The first kappa shape index (κ1) is 44.8. The summed E-state index contributed by atoms with van der Waals surface area (Å²) in [6, 6.07) is -1.26. The van der Waals surface area contributed by atoms with Crippen molar-refractivity contribution in [3.8, 4) is 0 Å². The van der Waals surface area contributed by atoms with Crippen LogP contribution in [0, 0.1) is 0 Å². The summed E-state index contributed by atoms with van der Waals surface area (Å²) in [6.45, 7) is 4.48. The molecule has 0 spiro atoms. The second kappa shape index (κ2) is 30.6. The van der Waals surface area contributed by atoms with Crippen LogP contribution in [0.3, 0.4) is 0 Å². The number of aliphatic hydroxyl groups excluding tert-OH is 5. The summed E-state index contributed by atoms with van der Waals surface area (Å²) in [5.74, 6) is 0. The number of amides is 2. The van der Waals surface area contributed by atoms with Crippen molar-refractivity contribution in [1.82, 2.24) is 10.6 Å². The van der Waals surface area contributed by atoms with Gasteiger partial charge >= 0.3 is 6.03 Å². The molecule has 7 unspecified atom stereocenters. The van der Waals surface area contributed by atoms with Crippen molar-refractivity contribution < 1.29 is 35.1 Å². The Morgan fingerprint density at radius 3 is 1.62 bits per heavy atom. The second-order valence-electron chi connectivity index (χ2n) is 14.3. The van der Waals surface area contributed by atoms with E-state index in [-0.39, 0.29) is 19.4 Å². The summed E-state index contributed by atoms with van der Waals surface area (Å²) >= 11 is 0. The van der Waals surface area contributed by atoms with Crippen LogP contribution in [-0.2, 0) is 4.74 Å². The van der Waals surface area contributed by atoms with Crippen molar-refractivity contribution >= 4 is 6.03 Å². The van der Waals surface area contributed by atoms with Crippen molar-refractivity contribution in [3.63, 3.8) is 0 Å². The van der Waals surface area contributed by atoms with Crippen LogP contribution in [0.1, 0.15) is 174 Å². The molecular weight excluding hydrogens is 608 g/mol. The summed E-state index contributed by atoms with van der Waals surface area (Å²) in [4.78, 5) is 12.6. The Morgan fingerprint density at radius 1 is 0.708 bits per heavy atom. The molecule has 48 heavy (non-hydrogen) atoms. The maximum atomic E-state index is 12.6. The highest BCUT2D eigenvalue weighted by atomic mass is 16.5. The molecule has 0 radical (unpaired) electrons. The molecule has 0 aromatic carbocycles. The number of rotatable bonds is 31. The van der Waals surface area contributed by atoms with Crippen LogP contribution >= 0.6 is 0 Å². The molecule has 0 saturated heterocycles. The number of ether oxygens (including phenoxy) is 1. The minimum atomic E-state index is -1.37. The van der Waals surface area contributed by atoms with Gasteiger partial charge in [-0.15, -0.1) is 0 Å². The fourth-order valence-corrected chi connectivity index (χ4v) is 6.41. The fourth-order valence-electron chi connectivity index (χ4n) is 6.41. The van der Waals surface area contributed by atoms with Crippen LogP contribution in [0.2, 0.25) is 0 Å². The second-order valence-corrected chi connectivity index (χ2v) is 14.3. The van der Waals surface area contributed by atoms with E-state index in [1.54, 1.807) is 12.2 Å². The first-order valence-electron chi connectivity index (χ1n) is 20.0. The molecule has 9 nitrogen and oxygen atoms in total. The molecule has 0 aliphatic heterocycles. The van der Waals surface area contributed by atoms with Gasteiger partial charge in [-0.05, 0) is 19.3 Å². The molecular formula is C39H76N2O7. The zero-order valence-corrected chi connectivity index (χ0v) is 30.8. The van der Waals surface area contributed by atoms with Gasteiger partial charge in [0.05, 0.1) is 31.0 Å². The zero-order chi connectivity index (χ0) is 35.2. The maximum absolute atomic E-state index is 12.6. The molecule has 0 saturated carbocycles. The van der Waals surface area contributed by atoms with Gasteiger partial charge in [0.1, 0.15) is 18.3 Å². The van der Waals surface area contributed by atoms with Crippen LogP contribution in [0.4, 0.5) is 4.79 Å². The molecule has 0 heterocycles. The van der Waals surface area contributed by atoms with Crippen molar-refractivity contribution in [1.29, 1.82) is 0 Å². The Kier molecular flexibility index (Phi) is 28.5. The lowest BCUT2D eigenvalue weighted by Crippen LogP contribution is -2.52. The Balaban J connectivity index is 2.06. The predicted octanol–water partition coefficient (Wildman–Crippen LogP) is 7.21. The lowest BCUT2D eigenvalue weighted by molar-refractivity contribution is -0.110. The molecule has 9 heteroatoms. The van der Waals surface area contributed by atoms with Gasteiger partial charge in [-0.1, -0.05) is 161 Å². The number of carbonyl (C=O) groups is 1. The highest BCUT2D eigenvalue weighted by Crippen LogP contribution is 2.18. The summed E-state index contributed by atoms with van der Waals surface area (Å²) < 4.78 is 5.76. The third kappa shape index (κ3) is 23.2. The number of nitrogens with one attached hydrogen (secondary N) is 2. The number of hydrogen-bond acceptors (Lipinski definition) is 7. The molecule has 0 aromatic rings. The largest absolute Gasteiger partial charge is 0.393 e. The highest BCUT2D eigenvalue weighted by molar-refractivity contribution is 5.74. The lowest BCUT2D eigenvalue weighted by Gasteiger charge is -2.29. The molecule has 1 aliphatic carbocycles. The van der Waals surface area contributed by atoms with Gasteiger partial charge in [-0.2, -0.15) is 0 Å². The molecule has 0 aromatic heterocycles. The van der Waals surface area contributed by atoms with Crippen LogP contribution in [-0.4, -0.2) is 87.4 Å². The van der Waals surface area contributed by atoms with E-state index in [2.05, 4.69) is 17.6 Å². The molecule has 7 N–H and O–H groups in total. The fraction of sp³-hybridized carbons (Fsp3) is 0.923. The third-order valence-electron chi connectivity index (χ3n) is 9.83. The summed E-state index contributed by atoms with van der Waals surface area (Å²) in [5, 5.41) is 56.7. The van der Waals surface area contributed by atoms with Gasteiger partial charge in [-0.3, -0.25) is 0 Å². The molecule has 1 aliphatic rings. The third-order valence-corrected chi connectivity index (χ3v) is 9.83. The average molecular weight is 685 g/mol. The highest BCUT2D eigenvalue weighted by Gasteiger charge is 2.34. The first-order valence-corrected chi connectivity index (χ1v) is 20.0. The quantitative estimate of drug-likeness (QED) is 0.0301.